The van der Waals surface area contributed by atoms with Crippen molar-refractivity contribution in [3.63, 3.8) is 0 Å². The molecule has 2 aromatic rings. The summed E-state index contributed by atoms with van der Waals surface area (Å²) >= 11 is 0. The summed E-state index contributed by atoms with van der Waals surface area (Å²) in [6.45, 7) is 1.70. The molecule has 6 heteroatoms. The number of furan rings is 1. The van der Waals surface area contributed by atoms with Gasteiger partial charge in [-0.3, -0.25) is 14.2 Å². The lowest BCUT2D eigenvalue weighted by molar-refractivity contribution is 0.100. The molecule has 94 valence electrons. The average molecular weight is 248 g/mol. The highest BCUT2D eigenvalue weighted by Gasteiger charge is 2.19. The molecule has 0 aliphatic rings. The molecule has 0 spiro atoms. The zero-order chi connectivity index (χ0) is 13.4. The maximum atomic E-state index is 12.1. The van der Waals surface area contributed by atoms with Gasteiger partial charge in [0, 0.05) is 20.3 Å². The molecule has 0 atom stereocenters. The molecule has 0 aromatic carbocycles. The van der Waals surface area contributed by atoms with E-state index in [1.165, 1.54) is 30.9 Å². The number of carbonyl (C=O) groups is 1. The quantitative estimate of drug-likeness (QED) is 0.712. The Bertz CT molecular complexity index is 733. The van der Waals surface area contributed by atoms with Gasteiger partial charge in [0.25, 0.3) is 5.56 Å². The summed E-state index contributed by atoms with van der Waals surface area (Å²) in [7, 11) is 2.81. The predicted octanol–water partition coefficient (Wildman–Crippen LogP) is 0.216. The second-order valence-corrected chi connectivity index (χ2v) is 4.04. The van der Waals surface area contributed by atoms with Crippen LogP contribution in [0.25, 0.3) is 0 Å². The molecular formula is C12H12N2O4. The normalized spacial score (nSPS) is 10.6. The second-order valence-electron chi connectivity index (χ2n) is 4.04. The van der Waals surface area contributed by atoms with E-state index in [0.717, 1.165) is 4.57 Å². The molecule has 18 heavy (non-hydrogen) atoms. The maximum absolute atomic E-state index is 12.1. The van der Waals surface area contributed by atoms with Gasteiger partial charge in [0.2, 0.25) is 5.78 Å². The minimum Gasteiger partial charge on any atom is -0.458 e. The number of aromatic nitrogens is 2. The largest absolute Gasteiger partial charge is 0.458 e. The Morgan fingerprint density at radius 2 is 1.89 bits per heavy atom. The molecule has 0 fully saturated rings. The standard InChI is InChI=1S/C12H12N2O4/c1-7-4-5-9(18-7)10(15)8-6-13(2)12(17)14(3)11(8)16/h4-6H,1-3H3. The minimum atomic E-state index is -0.628. The van der Waals surface area contributed by atoms with Gasteiger partial charge >= 0.3 is 5.69 Å². The van der Waals surface area contributed by atoms with Crippen molar-refractivity contribution in [2.24, 2.45) is 14.1 Å². The molecule has 0 aliphatic heterocycles. The van der Waals surface area contributed by atoms with Crippen LogP contribution < -0.4 is 11.2 Å². The van der Waals surface area contributed by atoms with Crippen molar-refractivity contribution >= 4 is 5.78 Å². The van der Waals surface area contributed by atoms with Crippen LogP contribution in [0.2, 0.25) is 0 Å². The van der Waals surface area contributed by atoms with E-state index in [2.05, 4.69) is 0 Å². The molecule has 0 saturated carbocycles. The van der Waals surface area contributed by atoms with Crippen molar-refractivity contribution in [2.75, 3.05) is 0 Å². The molecule has 2 heterocycles. The van der Waals surface area contributed by atoms with Crippen LogP contribution >= 0.6 is 0 Å². The Balaban J connectivity index is 2.63. The summed E-state index contributed by atoms with van der Waals surface area (Å²) in [5, 5.41) is 0. The summed E-state index contributed by atoms with van der Waals surface area (Å²) in [6.07, 6.45) is 1.23. The smallest absolute Gasteiger partial charge is 0.330 e. The van der Waals surface area contributed by atoms with Crippen LogP contribution in [-0.4, -0.2) is 14.9 Å². The van der Waals surface area contributed by atoms with Crippen molar-refractivity contribution in [2.45, 2.75) is 6.92 Å². The molecule has 6 nitrogen and oxygen atoms in total. The Hall–Kier alpha value is -2.37. The molecule has 0 bridgehead atoms. The van der Waals surface area contributed by atoms with E-state index in [0.29, 0.717) is 5.76 Å². The Morgan fingerprint density at radius 1 is 1.22 bits per heavy atom. The van der Waals surface area contributed by atoms with Crippen molar-refractivity contribution < 1.29 is 9.21 Å². The third-order valence-corrected chi connectivity index (χ3v) is 2.66. The Morgan fingerprint density at radius 3 is 2.44 bits per heavy atom. The number of rotatable bonds is 2. The van der Waals surface area contributed by atoms with Gasteiger partial charge < -0.3 is 8.98 Å². The molecular weight excluding hydrogens is 236 g/mol. The molecule has 0 radical (unpaired) electrons. The fraction of sp³-hybridized carbons (Fsp3) is 0.250. The first-order chi connectivity index (χ1) is 8.41. The summed E-state index contributed by atoms with van der Waals surface area (Å²) in [6, 6.07) is 3.14. The average Bonchev–Trinajstić information content (AvgIpc) is 2.77. The van der Waals surface area contributed by atoms with Crippen molar-refractivity contribution in [3.05, 3.63) is 56.3 Å². The number of hydrogen-bond acceptors (Lipinski definition) is 4. The third-order valence-electron chi connectivity index (χ3n) is 2.66. The van der Waals surface area contributed by atoms with Crippen LogP contribution in [0.5, 0.6) is 0 Å². The lowest BCUT2D eigenvalue weighted by Crippen LogP contribution is -2.39. The lowest BCUT2D eigenvalue weighted by atomic mass is 10.2. The zero-order valence-electron chi connectivity index (χ0n) is 10.3. The van der Waals surface area contributed by atoms with E-state index >= 15 is 0 Å². The summed E-state index contributed by atoms with van der Waals surface area (Å²) < 4.78 is 7.26. The van der Waals surface area contributed by atoms with E-state index in [1.807, 2.05) is 0 Å². The summed E-state index contributed by atoms with van der Waals surface area (Å²) in [5.74, 6) is 0.141. The minimum absolute atomic E-state index is 0.0863. The van der Waals surface area contributed by atoms with Crippen LogP contribution in [0, 0.1) is 6.92 Å². The first-order valence-electron chi connectivity index (χ1n) is 5.29. The van der Waals surface area contributed by atoms with Crippen LogP contribution in [-0.2, 0) is 14.1 Å². The van der Waals surface area contributed by atoms with Crippen LogP contribution in [0.15, 0.2) is 32.3 Å². The first-order valence-corrected chi connectivity index (χ1v) is 5.29. The fourth-order valence-electron chi connectivity index (χ4n) is 1.65. The van der Waals surface area contributed by atoms with Crippen molar-refractivity contribution in [3.8, 4) is 0 Å². The number of carbonyl (C=O) groups excluding carboxylic acids is 1. The fourth-order valence-corrected chi connectivity index (χ4v) is 1.65. The van der Waals surface area contributed by atoms with Crippen LogP contribution in [0.1, 0.15) is 21.9 Å². The molecule has 2 aromatic heterocycles. The molecule has 0 amide bonds. The van der Waals surface area contributed by atoms with Gasteiger partial charge in [-0.2, -0.15) is 0 Å². The number of aryl methyl sites for hydroxylation is 2. The highest BCUT2D eigenvalue weighted by atomic mass is 16.3. The predicted molar refractivity (Wildman–Crippen MR) is 63.8 cm³/mol. The molecule has 0 saturated heterocycles. The van der Waals surface area contributed by atoms with Crippen LogP contribution in [0.4, 0.5) is 0 Å². The van der Waals surface area contributed by atoms with Gasteiger partial charge in [0.15, 0.2) is 5.76 Å². The van der Waals surface area contributed by atoms with Crippen molar-refractivity contribution in [1.29, 1.82) is 0 Å². The lowest BCUT2D eigenvalue weighted by Gasteiger charge is -2.04. The van der Waals surface area contributed by atoms with E-state index in [4.69, 9.17) is 4.42 Å². The topological polar surface area (TPSA) is 74.2 Å². The highest BCUT2D eigenvalue weighted by molar-refractivity contribution is 6.06. The zero-order valence-corrected chi connectivity index (χ0v) is 10.3. The number of nitrogens with zero attached hydrogens (tertiary/aromatic N) is 2. The Kier molecular flexibility index (Phi) is 2.78. The number of ketones is 1. The van der Waals surface area contributed by atoms with E-state index in [1.54, 1.807) is 13.0 Å². The van der Waals surface area contributed by atoms with Gasteiger partial charge in [-0.05, 0) is 19.1 Å². The van der Waals surface area contributed by atoms with Gasteiger partial charge in [-0.1, -0.05) is 0 Å². The molecule has 0 unspecified atom stereocenters. The first kappa shape index (κ1) is 12.1. The van der Waals surface area contributed by atoms with E-state index in [9.17, 15) is 14.4 Å². The number of hydrogen-bond donors (Lipinski definition) is 0. The van der Waals surface area contributed by atoms with Gasteiger partial charge in [-0.15, -0.1) is 0 Å². The SMILES string of the molecule is Cc1ccc(C(=O)c2cn(C)c(=O)n(C)c2=O)o1. The van der Waals surface area contributed by atoms with Gasteiger partial charge in [-0.25, -0.2) is 4.79 Å². The Labute approximate surface area is 102 Å². The van der Waals surface area contributed by atoms with Gasteiger partial charge in [0.1, 0.15) is 11.3 Å². The second kappa shape index (κ2) is 4.14. The molecule has 2 rings (SSSR count). The third kappa shape index (κ3) is 1.81. The van der Waals surface area contributed by atoms with Crippen LogP contribution in [0.3, 0.4) is 0 Å². The van der Waals surface area contributed by atoms with E-state index in [-0.39, 0.29) is 11.3 Å². The summed E-state index contributed by atoms with van der Waals surface area (Å²) in [5.41, 5.74) is -1.20. The summed E-state index contributed by atoms with van der Waals surface area (Å²) in [4.78, 5) is 35.4. The molecule has 0 N–H and O–H groups in total. The maximum Gasteiger partial charge on any atom is 0.330 e. The molecule has 0 aliphatic carbocycles. The monoisotopic (exact) mass is 248 g/mol. The van der Waals surface area contributed by atoms with Gasteiger partial charge in [0.05, 0.1) is 0 Å². The highest BCUT2D eigenvalue weighted by Crippen LogP contribution is 2.10. The van der Waals surface area contributed by atoms with E-state index < -0.39 is 17.0 Å². The van der Waals surface area contributed by atoms with Crippen molar-refractivity contribution in [1.82, 2.24) is 9.13 Å².